The normalized spacial score (nSPS) is 14.1. The van der Waals surface area contributed by atoms with Crippen molar-refractivity contribution in [2.45, 2.75) is 52.0 Å². The van der Waals surface area contributed by atoms with Gasteiger partial charge in [-0.1, -0.05) is 43.3 Å². The number of amides is 3. The number of quaternary nitrogens is 1. The Kier molecular flexibility index (Phi) is 26.0. The highest BCUT2D eigenvalue weighted by atomic mass is 35.5. The van der Waals surface area contributed by atoms with Gasteiger partial charge in [0.1, 0.15) is 11.5 Å². The summed E-state index contributed by atoms with van der Waals surface area (Å²) in [6, 6.07) is 15.7. The summed E-state index contributed by atoms with van der Waals surface area (Å²) in [5.41, 5.74) is 14.1. The van der Waals surface area contributed by atoms with Crippen LogP contribution in [0, 0.1) is 0 Å². The van der Waals surface area contributed by atoms with Crippen LogP contribution >= 0.6 is 11.6 Å². The number of nitrogens with two attached hydrogens (primary N) is 2. The topological polar surface area (TPSA) is 203 Å². The number of anilines is 2. The number of halogens is 2. The highest BCUT2D eigenvalue weighted by molar-refractivity contribution is 6.31. The number of methoxy groups -OCH3 is 4. The van der Waals surface area contributed by atoms with Gasteiger partial charge >= 0.3 is 0 Å². The first-order chi connectivity index (χ1) is 30.0. The summed E-state index contributed by atoms with van der Waals surface area (Å²) in [5, 5.41) is 3.09. The van der Waals surface area contributed by atoms with E-state index in [1.165, 1.54) is 11.1 Å². The number of hydrogen-bond donors (Lipinski definition) is 3. The maximum Gasteiger partial charge on any atom is 0.274 e. The molecule has 17 nitrogen and oxygen atoms in total. The van der Waals surface area contributed by atoms with Gasteiger partial charge in [-0.25, -0.2) is 9.97 Å². The smallest absolute Gasteiger partial charge is 0.274 e. The SMILES string of the molecule is C.COCCN(CCOC)C(=O)COc1ccc(CCC[N+]2(CCCc3ccc(OCC(=O)N(CCOC)CCOC)cc3)CCC[C@H](NC(=O)c3nc(Cl)c(N)nc3N)C2)cc1.[Cl-]. The molecule has 1 saturated heterocycles. The van der Waals surface area contributed by atoms with Crippen LogP contribution in [0.3, 0.4) is 0 Å². The van der Waals surface area contributed by atoms with E-state index in [4.69, 9.17) is 51.5 Å². The number of nitrogen functional groups attached to an aromatic ring is 2. The standard InChI is InChI=1S/C44H65ClN8O9.CH4.ClH/c1-57-26-19-51(20-27-58-2)38(54)31-61-36-15-11-33(12-16-36)8-5-23-53(25-7-10-35(30-53)48-44(56)40-42(46)50-43(47)41(45)49-40)24-6-9-34-13-17-37(18-14-34)62-32-39(55)52(21-28-59-3)22-29-60-4;;/h11-18,35H,5-10,19-32H2,1-4H3,(H4-,46,47,48,50,56);1H4;1H/t35-;;/m0../s1. The van der Waals surface area contributed by atoms with Crippen molar-refractivity contribution < 1.29 is 59.7 Å². The molecule has 1 aromatic heterocycles. The molecule has 0 bridgehead atoms. The zero-order valence-corrected chi connectivity index (χ0v) is 38.7. The van der Waals surface area contributed by atoms with Crippen molar-refractivity contribution in [1.29, 1.82) is 0 Å². The molecule has 1 aliphatic rings. The van der Waals surface area contributed by atoms with Gasteiger partial charge in [0.2, 0.25) is 0 Å². The van der Waals surface area contributed by atoms with Gasteiger partial charge in [-0.2, -0.15) is 0 Å². The van der Waals surface area contributed by atoms with Crippen molar-refractivity contribution in [3.63, 3.8) is 0 Å². The monoisotopic (exact) mass is 936 g/mol. The van der Waals surface area contributed by atoms with Crippen molar-refractivity contribution in [3.05, 3.63) is 70.5 Å². The first-order valence-corrected chi connectivity index (χ1v) is 21.6. The van der Waals surface area contributed by atoms with Crippen molar-refractivity contribution in [2.24, 2.45) is 0 Å². The lowest BCUT2D eigenvalue weighted by Crippen LogP contribution is -3.00. The first kappa shape index (κ1) is 55.6. The van der Waals surface area contributed by atoms with Crippen molar-refractivity contribution in [1.82, 2.24) is 25.1 Å². The molecule has 1 fully saturated rings. The second-order valence-corrected chi connectivity index (χ2v) is 15.8. The van der Waals surface area contributed by atoms with Crippen molar-refractivity contribution in [2.75, 3.05) is 132 Å². The molecule has 1 aliphatic heterocycles. The number of nitrogens with zero attached hydrogens (tertiary/aromatic N) is 5. The van der Waals surface area contributed by atoms with Crippen LogP contribution in [0.5, 0.6) is 11.5 Å². The van der Waals surface area contributed by atoms with Gasteiger partial charge in [0.15, 0.2) is 35.7 Å². The Labute approximate surface area is 390 Å². The Balaban J connectivity index is 0.00000704. The minimum absolute atomic E-state index is 0. The van der Waals surface area contributed by atoms with Crippen LogP contribution in [0.25, 0.3) is 0 Å². The Morgan fingerprint density at radius 2 is 1.16 bits per heavy atom. The number of likely N-dealkylation sites (tertiary alicyclic amines) is 1. The van der Waals surface area contributed by atoms with Crippen LogP contribution in [0.1, 0.15) is 54.7 Å². The van der Waals surface area contributed by atoms with Crippen LogP contribution in [0.15, 0.2) is 48.5 Å². The van der Waals surface area contributed by atoms with Gasteiger partial charge < -0.3 is 71.9 Å². The highest BCUT2D eigenvalue weighted by Gasteiger charge is 2.36. The van der Waals surface area contributed by atoms with E-state index < -0.39 is 5.91 Å². The summed E-state index contributed by atoms with van der Waals surface area (Å²) in [7, 11) is 6.42. The lowest BCUT2D eigenvalue weighted by Gasteiger charge is -2.45. The molecule has 4 rings (SSSR count). The fraction of sp³-hybridized carbons (Fsp3) is 0.578. The van der Waals surface area contributed by atoms with Crippen molar-refractivity contribution in [3.8, 4) is 11.5 Å². The molecule has 3 amide bonds. The minimum atomic E-state index is -0.426. The zero-order chi connectivity index (χ0) is 44.7. The molecule has 2 aromatic carbocycles. The Morgan fingerprint density at radius 1 is 0.719 bits per heavy atom. The van der Waals surface area contributed by atoms with Crippen LogP contribution in [0.4, 0.5) is 11.6 Å². The number of carbonyl (C=O) groups is 3. The molecule has 5 N–H and O–H groups in total. The number of carbonyl (C=O) groups excluding carboxylic acids is 3. The lowest BCUT2D eigenvalue weighted by atomic mass is 9.99. The first-order valence-electron chi connectivity index (χ1n) is 21.2. The van der Waals surface area contributed by atoms with Gasteiger partial charge in [0, 0.05) is 67.5 Å². The van der Waals surface area contributed by atoms with E-state index in [-0.39, 0.29) is 73.4 Å². The molecule has 64 heavy (non-hydrogen) atoms. The molecule has 19 heteroatoms. The summed E-state index contributed by atoms with van der Waals surface area (Å²) in [6.07, 6.45) is 5.33. The number of nitrogens with one attached hydrogen (secondary N) is 1. The fourth-order valence-corrected chi connectivity index (χ4v) is 7.69. The number of benzene rings is 2. The Morgan fingerprint density at radius 3 is 1.58 bits per heavy atom. The zero-order valence-electron chi connectivity index (χ0n) is 37.2. The molecule has 0 radical (unpaired) electrons. The van der Waals surface area contributed by atoms with Crippen LogP contribution in [0.2, 0.25) is 5.15 Å². The largest absolute Gasteiger partial charge is 1.00 e. The van der Waals surface area contributed by atoms with Gasteiger partial charge in [0.05, 0.1) is 58.6 Å². The van der Waals surface area contributed by atoms with E-state index in [9.17, 15) is 14.4 Å². The molecule has 2 heterocycles. The Hall–Kier alpha value is -4.49. The van der Waals surface area contributed by atoms with Crippen molar-refractivity contribution >= 4 is 41.0 Å². The number of piperidine rings is 1. The quantitative estimate of drug-likeness (QED) is 0.0869. The van der Waals surface area contributed by atoms with E-state index in [1.54, 1.807) is 38.2 Å². The maximum absolute atomic E-state index is 13.4. The summed E-state index contributed by atoms with van der Waals surface area (Å²) in [5.74, 6) is 0.479. The number of aromatic nitrogens is 2. The average molecular weight is 938 g/mol. The third kappa shape index (κ3) is 18.5. The molecule has 3 aromatic rings. The third-order valence-corrected chi connectivity index (χ3v) is 11.3. The predicted octanol–water partition coefficient (Wildman–Crippen LogP) is 0.910. The fourth-order valence-electron chi connectivity index (χ4n) is 7.56. The van der Waals surface area contributed by atoms with Crippen LogP contribution in [-0.4, -0.2) is 168 Å². The molecule has 0 unspecified atom stereocenters. The summed E-state index contributed by atoms with van der Waals surface area (Å²) in [4.78, 5) is 50.5. The molecule has 0 spiro atoms. The van der Waals surface area contributed by atoms with Gasteiger partial charge in [-0.15, -0.1) is 0 Å². The second-order valence-electron chi connectivity index (χ2n) is 15.4. The number of ether oxygens (including phenoxy) is 6. The summed E-state index contributed by atoms with van der Waals surface area (Å²) >= 11 is 6.09. The van der Waals surface area contributed by atoms with Gasteiger partial charge in [-0.05, 0) is 61.1 Å². The van der Waals surface area contributed by atoms with Crippen LogP contribution in [-0.2, 0) is 41.4 Å². The Bertz CT molecular complexity index is 1730. The molecular weight excluding hydrogens is 867 g/mol. The third-order valence-electron chi connectivity index (χ3n) is 11.0. The number of aryl methyl sites for hydroxylation is 2. The predicted molar refractivity (Wildman–Crippen MR) is 244 cm³/mol. The maximum atomic E-state index is 13.4. The molecule has 358 valence electrons. The second kappa shape index (κ2) is 29.9. The summed E-state index contributed by atoms with van der Waals surface area (Å²) < 4.78 is 33.1. The van der Waals surface area contributed by atoms with E-state index in [0.29, 0.717) is 64.1 Å². The summed E-state index contributed by atoms with van der Waals surface area (Å²) in [6.45, 7) is 7.03. The van der Waals surface area contributed by atoms with Gasteiger partial charge in [0.25, 0.3) is 17.7 Å². The molecule has 0 aliphatic carbocycles. The van der Waals surface area contributed by atoms with E-state index in [1.807, 2.05) is 48.5 Å². The molecular formula is C45H70Cl2N8O9. The van der Waals surface area contributed by atoms with E-state index >= 15 is 0 Å². The van der Waals surface area contributed by atoms with E-state index in [0.717, 1.165) is 69.2 Å². The minimum Gasteiger partial charge on any atom is -1.00 e. The lowest BCUT2D eigenvalue weighted by molar-refractivity contribution is -0.933. The highest BCUT2D eigenvalue weighted by Crippen LogP contribution is 2.25. The van der Waals surface area contributed by atoms with Gasteiger partial charge in [-0.3, -0.25) is 14.4 Å². The number of hydrogen-bond acceptors (Lipinski definition) is 13. The van der Waals surface area contributed by atoms with Crippen LogP contribution < -0.4 is 38.7 Å². The molecule has 0 saturated carbocycles. The average Bonchev–Trinajstić information content (AvgIpc) is 3.27. The number of rotatable bonds is 28. The molecule has 1 atom stereocenters. The van der Waals surface area contributed by atoms with E-state index in [2.05, 4.69) is 15.3 Å².